The number of rotatable bonds is 8. The molecule has 1 unspecified atom stereocenters. The van der Waals surface area contributed by atoms with Crippen LogP contribution in [0.3, 0.4) is 0 Å². The molecule has 29 heavy (non-hydrogen) atoms. The Labute approximate surface area is 171 Å². The number of carboxylic acids is 1. The number of carboxylic acid groups (broad SMARTS) is 1. The largest absolute Gasteiger partial charge is 0.481 e. The number of amides is 2. The summed E-state index contributed by atoms with van der Waals surface area (Å²) in [6, 6.07) is 15.3. The van der Waals surface area contributed by atoms with Gasteiger partial charge in [0, 0.05) is 37.8 Å². The van der Waals surface area contributed by atoms with Gasteiger partial charge in [-0.05, 0) is 43.4 Å². The highest BCUT2D eigenvalue weighted by Crippen LogP contribution is 2.17. The van der Waals surface area contributed by atoms with Crippen LogP contribution in [0.25, 0.3) is 0 Å². The lowest BCUT2D eigenvalue weighted by atomic mass is 10.0. The third kappa shape index (κ3) is 6.78. The van der Waals surface area contributed by atoms with Gasteiger partial charge in [0.25, 0.3) is 0 Å². The number of carbonyl (C=O) groups is 2. The van der Waals surface area contributed by atoms with Crippen LogP contribution < -0.4 is 15.5 Å². The van der Waals surface area contributed by atoms with Crippen LogP contribution in [0.5, 0.6) is 0 Å². The second-order valence-electron chi connectivity index (χ2n) is 7.39. The van der Waals surface area contributed by atoms with Gasteiger partial charge in [-0.1, -0.05) is 36.4 Å². The first kappa shape index (κ1) is 20.6. The van der Waals surface area contributed by atoms with Gasteiger partial charge in [0.15, 0.2) is 0 Å². The predicted octanol–water partition coefficient (Wildman–Crippen LogP) is 2.83. The predicted molar refractivity (Wildman–Crippen MR) is 112 cm³/mol. The fraction of sp³-hybridized carbons (Fsp3) is 0.409. The Morgan fingerprint density at radius 1 is 1.10 bits per heavy atom. The van der Waals surface area contributed by atoms with Crippen LogP contribution in [0.1, 0.15) is 31.2 Å². The Morgan fingerprint density at radius 3 is 2.48 bits per heavy atom. The van der Waals surface area contributed by atoms with Crippen LogP contribution in [-0.2, 0) is 11.2 Å². The second-order valence-corrected chi connectivity index (χ2v) is 7.39. The smallest absolute Gasteiger partial charge is 0.315 e. The van der Waals surface area contributed by atoms with E-state index in [1.165, 1.54) is 0 Å². The van der Waals surface area contributed by atoms with E-state index in [4.69, 9.17) is 5.11 Å². The molecule has 1 aliphatic rings. The Balaban J connectivity index is 1.48. The maximum Gasteiger partial charge on any atom is 0.315 e. The van der Waals surface area contributed by atoms with E-state index in [0.29, 0.717) is 12.8 Å². The topological polar surface area (TPSA) is 94.6 Å². The number of nitrogens with one attached hydrogen (secondary N) is 2. The summed E-state index contributed by atoms with van der Waals surface area (Å²) in [7, 11) is 0. The lowest BCUT2D eigenvalue weighted by Gasteiger charge is -2.33. The van der Waals surface area contributed by atoms with E-state index in [9.17, 15) is 9.59 Å². The molecule has 1 fully saturated rings. The first-order chi connectivity index (χ1) is 14.1. The van der Waals surface area contributed by atoms with Crippen molar-refractivity contribution in [3.05, 3.63) is 60.3 Å². The molecular weight excluding hydrogens is 368 g/mol. The molecule has 0 bridgehead atoms. The fourth-order valence-corrected chi connectivity index (χ4v) is 3.63. The minimum Gasteiger partial charge on any atom is -0.481 e. The van der Waals surface area contributed by atoms with Gasteiger partial charge in [-0.2, -0.15) is 0 Å². The highest BCUT2D eigenvalue weighted by Gasteiger charge is 2.22. The maximum absolute atomic E-state index is 12.5. The number of hydrogen-bond acceptors (Lipinski definition) is 4. The summed E-state index contributed by atoms with van der Waals surface area (Å²) in [4.78, 5) is 30.1. The van der Waals surface area contributed by atoms with Crippen LogP contribution in [0.15, 0.2) is 54.7 Å². The van der Waals surface area contributed by atoms with Crippen molar-refractivity contribution >= 4 is 17.8 Å². The zero-order chi connectivity index (χ0) is 20.5. The Morgan fingerprint density at radius 2 is 1.83 bits per heavy atom. The van der Waals surface area contributed by atoms with Crippen LogP contribution >= 0.6 is 0 Å². The number of pyridine rings is 1. The molecule has 1 aromatic carbocycles. The van der Waals surface area contributed by atoms with E-state index in [0.717, 1.165) is 37.3 Å². The molecule has 2 aromatic rings. The van der Waals surface area contributed by atoms with Gasteiger partial charge in [0.05, 0.1) is 0 Å². The van der Waals surface area contributed by atoms with Crippen molar-refractivity contribution in [1.29, 1.82) is 0 Å². The molecule has 3 N–H and O–H groups in total. The van der Waals surface area contributed by atoms with E-state index < -0.39 is 5.97 Å². The highest BCUT2D eigenvalue weighted by molar-refractivity contribution is 5.75. The molecule has 0 aliphatic carbocycles. The summed E-state index contributed by atoms with van der Waals surface area (Å²) >= 11 is 0. The number of carbonyl (C=O) groups excluding carboxylic acids is 1. The normalized spacial score (nSPS) is 15.5. The number of hydrogen-bond donors (Lipinski definition) is 3. The minimum absolute atomic E-state index is 0.0280. The van der Waals surface area contributed by atoms with Gasteiger partial charge in [-0.25, -0.2) is 9.78 Å². The number of piperidine rings is 1. The fourth-order valence-electron chi connectivity index (χ4n) is 3.63. The lowest BCUT2D eigenvalue weighted by Crippen LogP contribution is -2.50. The van der Waals surface area contributed by atoms with E-state index in [1.807, 2.05) is 48.5 Å². The standard InChI is InChI=1S/C22H28N4O3/c27-21(28)10-9-19(16-17-6-2-1-3-7-17)25-22(29)24-18-11-14-26(15-12-18)20-8-4-5-13-23-20/h1-8,13,18-19H,9-12,14-16H2,(H,27,28)(H2,24,25,29). The van der Waals surface area contributed by atoms with Crippen molar-refractivity contribution in [3.63, 3.8) is 0 Å². The van der Waals surface area contributed by atoms with E-state index >= 15 is 0 Å². The first-order valence-electron chi connectivity index (χ1n) is 10.1. The Kier molecular flexibility index (Phi) is 7.44. The summed E-state index contributed by atoms with van der Waals surface area (Å²) in [6.45, 7) is 1.68. The molecule has 7 nitrogen and oxygen atoms in total. The van der Waals surface area contributed by atoms with Gasteiger partial charge >= 0.3 is 12.0 Å². The monoisotopic (exact) mass is 396 g/mol. The van der Waals surface area contributed by atoms with Crippen molar-refractivity contribution < 1.29 is 14.7 Å². The molecule has 0 saturated carbocycles. The number of anilines is 1. The quantitative estimate of drug-likeness (QED) is 0.638. The lowest BCUT2D eigenvalue weighted by molar-refractivity contribution is -0.137. The SMILES string of the molecule is O=C(O)CCC(Cc1ccccc1)NC(=O)NC1CCN(c2ccccn2)CC1. The van der Waals surface area contributed by atoms with Crippen molar-refractivity contribution in [2.75, 3.05) is 18.0 Å². The van der Waals surface area contributed by atoms with Crippen LogP contribution in [0, 0.1) is 0 Å². The zero-order valence-electron chi connectivity index (χ0n) is 16.5. The molecule has 7 heteroatoms. The number of urea groups is 1. The molecule has 0 spiro atoms. The van der Waals surface area contributed by atoms with Crippen molar-refractivity contribution in [2.45, 2.75) is 44.2 Å². The number of benzene rings is 1. The summed E-state index contributed by atoms with van der Waals surface area (Å²) in [5.41, 5.74) is 1.08. The average molecular weight is 396 g/mol. The second kappa shape index (κ2) is 10.5. The van der Waals surface area contributed by atoms with E-state index in [1.54, 1.807) is 6.20 Å². The van der Waals surface area contributed by atoms with Gasteiger partial charge < -0.3 is 20.6 Å². The van der Waals surface area contributed by atoms with Crippen LogP contribution in [-0.4, -0.2) is 47.3 Å². The first-order valence-corrected chi connectivity index (χ1v) is 10.1. The molecular formula is C22H28N4O3. The van der Waals surface area contributed by atoms with Gasteiger partial charge in [0.2, 0.25) is 0 Å². The molecule has 1 aromatic heterocycles. The molecule has 1 atom stereocenters. The molecule has 0 radical (unpaired) electrons. The van der Waals surface area contributed by atoms with Crippen molar-refractivity contribution in [1.82, 2.24) is 15.6 Å². The van der Waals surface area contributed by atoms with Crippen molar-refractivity contribution in [2.24, 2.45) is 0 Å². The van der Waals surface area contributed by atoms with Crippen LogP contribution in [0.4, 0.5) is 10.6 Å². The molecule has 1 saturated heterocycles. The van der Waals surface area contributed by atoms with Gasteiger partial charge in [0.1, 0.15) is 5.82 Å². The molecule has 1 aliphatic heterocycles. The zero-order valence-corrected chi connectivity index (χ0v) is 16.5. The van der Waals surface area contributed by atoms with Crippen molar-refractivity contribution in [3.8, 4) is 0 Å². The molecule has 3 rings (SSSR count). The summed E-state index contributed by atoms with van der Waals surface area (Å²) in [5, 5.41) is 15.0. The molecule has 2 amide bonds. The maximum atomic E-state index is 12.5. The third-order valence-electron chi connectivity index (χ3n) is 5.17. The Hall–Kier alpha value is -3.09. The molecule has 2 heterocycles. The van der Waals surface area contributed by atoms with Crippen LogP contribution in [0.2, 0.25) is 0 Å². The third-order valence-corrected chi connectivity index (χ3v) is 5.17. The summed E-state index contributed by atoms with van der Waals surface area (Å²) < 4.78 is 0. The number of aliphatic carboxylic acids is 1. The minimum atomic E-state index is -0.854. The Bertz CT molecular complexity index is 777. The van der Waals surface area contributed by atoms with Gasteiger partial charge in [-0.15, -0.1) is 0 Å². The molecule has 154 valence electrons. The summed E-state index contributed by atoms with van der Waals surface area (Å²) in [5.74, 6) is 0.110. The summed E-state index contributed by atoms with van der Waals surface area (Å²) in [6.07, 6.45) is 4.53. The number of aromatic nitrogens is 1. The highest BCUT2D eigenvalue weighted by atomic mass is 16.4. The van der Waals surface area contributed by atoms with Gasteiger partial charge in [-0.3, -0.25) is 4.79 Å². The van der Waals surface area contributed by atoms with E-state index in [2.05, 4.69) is 20.5 Å². The number of nitrogens with zero attached hydrogens (tertiary/aromatic N) is 2. The average Bonchev–Trinajstić information content (AvgIpc) is 2.74. The van der Waals surface area contributed by atoms with E-state index in [-0.39, 0.29) is 24.5 Å².